The number of methoxy groups -OCH3 is 1. The SMILES string of the molecule is COc1ccc(Oc2nc(SC)nc3c2CCCC3)cc1. The minimum Gasteiger partial charge on any atom is -0.497 e. The van der Waals surface area contributed by atoms with Crippen molar-refractivity contribution in [2.45, 2.75) is 30.8 Å². The second kappa shape index (κ2) is 6.35. The van der Waals surface area contributed by atoms with Crippen LogP contribution in [0, 0.1) is 0 Å². The summed E-state index contributed by atoms with van der Waals surface area (Å²) in [6.07, 6.45) is 6.37. The van der Waals surface area contributed by atoms with Gasteiger partial charge in [-0.25, -0.2) is 4.98 Å². The van der Waals surface area contributed by atoms with E-state index in [-0.39, 0.29) is 0 Å². The maximum absolute atomic E-state index is 6.00. The van der Waals surface area contributed by atoms with E-state index in [1.54, 1.807) is 18.9 Å². The first-order chi connectivity index (χ1) is 10.3. The van der Waals surface area contributed by atoms with Crippen molar-refractivity contribution in [1.29, 1.82) is 0 Å². The Bertz CT molecular complexity index is 629. The normalized spacial score (nSPS) is 13.6. The molecule has 0 fully saturated rings. The van der Waals surface area contributed by atoms with Gasteiger partial charge in [-0.2, -0.15) is 4.98 Å². The molecular weight excluding hydrogens is 284 g/mol. The highest BCUT2D eigenvalue weighted by Crippen LogP contribution is 2.32. The molecule has 2 aromatic rings. The summed E-state index contributed by atoms with van der Waals surface area (Å²) in [5.41, 5.74) is 2.30. The number of fused-ring (bicyclic) bond motifs is 1. The maximum Gasteiger partial charge on any atom is 0.226 e. The van der Waals surface area contributed by atoms with Gasteiger partial charge < -0.3 is 9.47 Å². The van der Waals surface area contributed by atoms with E-state index in [0.717, 1.165) is 40.8 Å². The van der Waals surface area contributed by atoms with Crippen LogP contribution in [-0.2, 0) is 12.8 Å². The molecule has 0 aliphatic heterocycles. The van der Waals surface area contributed by atoms with Crippen LogP contribution in [0.4, 0.5) is 0 Å². The van der Waals surface area contributed by atoms with E-state index in [2.05, 4.69) is 9.97 Å². The third kappa shape index (κ3) is 3.13. The monoisotopic (exact) mass is 302 g/mol. The highest BCUT2D eigenvalue weighted by molar-refractivity contribution is 7.98. The zero-order valence-electron chi connectivity index (χ0n) is 12.3. The van der Waals surface area contributed by atoms with Crippen LogP contribution >= 0.6 is 11.8 Å². The van der Waals surface area contributed by atoms with Crippen LogP contribution in [0.1, 0.15) is 24.1 Å². The van der Waals surface area contributed by atoms with Gasteiger partial charge in [0.05, 0.1) is 12.8 Å². The summed E-state index contributed by atoms with van der Waals surface area (Å²) in [5.74, 6) is 2.29. The molecule has 0 atom stereocenters. The number of hydrogen-bond acceptors (Lipinski definition) is 5. The molecule has 0 N–H and O–H groups in total. The van der Waals surface area contributed by atoms with Crippen molar-refractivity contribution < 1.29 is 9.47 Å². The number of hydrogen-bond donors (Lipinski definition) is 0. The summed E-state index contributed by atoms with van der Waals surface area (Å²) in [6, 6.07) is 7.57. The van der Waals surface area contributed by atoms with Gasteiger partial charge in [0.25, 0.3) is 0 Å². The topological polar surface area (TPSA) is 44.2 Å². The highest BCUT2D eigenvalue weighted by atomic mass is 32.2. The summed E-state index contributed by atoms with van der Waals surface area (Å²) in [4.78, 5) is 9.15. The largest absolute Gasteiger partial charge is 0.497 e. The minimum atomic E-state index is 0.703. The van der Waals surface area contributed by atoms with Gasteiger partial charge in [0.2, 0.25) is 5.88 Å². The number of ether oxygens (including phenoxy) is 2. The molecule has 0 unspecified atom stereocenters. The number of benzene rings is 1. The highest BCUT2D eigenvalue weighted by Gasteiger charge is 2.19. The van der Waals surface area contributed by atoms with E-state index in [9.17, 15) is 0 Å². The molecule has 1 aromatic heterocycles. The van der Waals surface area contributed by atoms with E-state index < -0.39 is 0 Å². The molecule has 5 heteroatoms. The molecule has 110 valence electrons. The quantitative estimate of drug-likeness (QED) is 0.633. The molecule has 0 bridgehead atoms. The summed E-state index contributed by atoms with van der Waals surface area (Å²) in [6.45, 7) is 0. The smallest absolute Gasteiger partial charge is 0.226 e. The van der Waals surface area contributed by atoms with Crippen LogP contribution in [0.25, 0.3) is 0 Å². The van der Waals surface area contributed by atoms with E-state index in [4.69, 9.17) is 9.47 Å². The van der Waals surface area contributed by atoms with Crippen LogP contribution < -0.4 is 9.47 Å². The third-order valence-corrected chi connectivity index (χ3v) is 4.13. The fourth-order valence-electron chi connectivity index (χ4n) is 2.47. The van der Waals surface area contributed by atoms with Crippen molar-refractivity contribution in [3.8, 4) is 17.4 Å². The Morgan fingerprint density at radius 1 is 1.00 bits per heavy atom. The number of aromatic nitrogens is 2. The Morgan fingerprint density at radius 2 is 1.71 bits per heavy atom. The number of aryl methyl sites for hydroxylation is 1. The Kier molecular flexibility index (Phi) is 4.29. The molecule has 0 saturated carbocycles. The predicted molar refractivity (Wildman–Crippen MR) is 83.5 cm³/mol. The predicted octanol–water partition coefficient (Wildman–Crippen LogP) is 3.88. The molecule has 4 nitrogen and oxygen atoms in total. The van der Waals surface area contributed by atoms with Gasteiger partial charge in [0.15, 0.2) is 5.16 Å². The lowest BCUT2D eigenvalue weighted by atomic mass is 9.97. The van der Waals surface area contributed by atoms with Gasteiger partial charge in [0, 0.05) is 5.56 Å². The van der Waals surface area contributed by atoms with Crippen LogP contribution in [0.5, 0.6) is 17.4 Å². The minimum absolute atomic E-state index is 0.703. The van der Waals surface area contributed by atoms with Crippen LogP contribution in [0.3, 0.4) is 0 Å². The van der Waals surface area contributed by atoms with Gasteiger partial charge in [0.1, 0.15) is 11.5 Å². The summed E-state index contributed by atoms with van der Waals surface area (Å²) < 4.78 is 11.2. The molecule has 1 aliphatic rings. The van der Waals surface area contributed by atoms with Gasteiger partial charge in [-0.3, -0.25) is 0 Å². The second-order valence-electron chi connectivity index (χ2n) is 4.93. The number of rotatable bonds is 4. The molecule has 3 rings (SSSR count). The lowest BCUT2D eigenvalue weighted by Crippen LogP contribution is -2.09. The average Bonchev–Trinajstić information content (AvgIpc) is 2.55. The van der Waals surface area contributed by atoms with Crippen LogP contribution in [0.2, 0.25) is 0 Å². The third-order valence-electron chi connectivity index (χ3n) is 3.58. The average molecular weight is 302 g/mol. The molecule has 0 amide bonds. The Morgan fingerprint density at radius 3 is 2.43 bits per heavy atom. The first kappa shape index (κ1) is 14.2. The molecular formula is C16H18N2O2S. The van der Waals surface area contributed by atoms with E-state index in [0.29, 0.717) is 5.88 Å². The van der Waals surface area contributed by atoms with Crippen molar-refractivity contribution >= 4 is 11.8 Å². The summed E-state index contributed by atoms with van der Waals surface area (Å²) in [7, 11) is 1.65. The molecule has 1 heterocycles. The van der Waals surface area contributed by atoms with Crippen molar-refractivity contribution in [1.82, 2.24) is 9.97 Å². The molecule has 0 radical (unpaired) electrons. The Labute approximate surface area is 128 Å². The van der Waals surface area contributed by atoms with Gasteiger partial charge >= 0.3 is 0 Å². The van der Waals surface area contributed by atoms with Crippen molar-refractivity contribution in [3.05, 3.63) is 35.5 Å². The van der Waals surface area contributed by atoms with Gasteiger partial charge in [-0.15, -0.1) is 0 Å². The number of thioether (sulfide) groups is 1. The van der Waals surface area contributed by atoms with E-state index >= 15 is 0 Å². The molecule has 21 heavy (non-hydrogen) atoms. The number of nitrogens with zero attached hydrogens (tertiary/aromatic N) is 2. The lowest BCUT2D eigenvalue weighted by Gasteiger charge is -2.18. The summed E-state index contributed by atoms with van der Waals surface area (Å²) >= 11 is 1.55. The zero-order chi connectivity index (χ0) is 14.7. The van der Waals surface area contributed by atoms with Crippen LogP contribution in [0.15, 0.2) is 29.4 Å². The van der Waals surface area contributed by atoms with Crippen molar-refractivity contribution in [2.24, 2.45) is 0 Å². The fraction of sp³-hybridized carbons (Fsp3) is 0.375. The standard InChI is InChI=1S/C16H18N2O2S/c1-19-11-7-9-12(10-8-11)20-15-13-5-3-4-6-14(13)17-16(18-15)21-2/h7-10H,3-6H2,1-2H3. The Hall–Kier alpha value is -1.75. The maximum atomic E-state index is 6.00. The fourth-order valence-corrected chi connectivity index (χ4v) is 2.84. The Balaban J connectivity index is 1.92. The van der Waals surface area contributed by atoms with Gasteiger partial charge in [-0.05, 0) is 56.2 Å². The molecule has 1 aromatic carbocycles. The first-order valence-electron chi connectivity index (χ1n) is 7.06. The van der Waals surface area contributed by atoms with Crippen LogP contribution in [-0.4, -0.2) is 23.3 Å². The van der Waals surface area contributed by atoms with Crippen molar-refractivity contribution in [3.63, 3.8) is 0 Å². The molecule has 0 spiro atoms. The van der Waals surface area contributed by atoms with Gasteiger partial charge in [-0.1, -0.05) is 11.8 Å². The second-order valence-corrected chi connectivity index (χ2v) is 5.70. The van der Waals surface area contributed by atoms with E-state index in [1.807, 2.05) is 30.5 Å². The molecule has 1 aliphatic carbocycles. The first-order valence-corrected chi connectivity index (χ1v) is 8.28. The zero-order valence-corrected chi connectivity index (χ0v) is 13.1. The summed E-state index contributed by atoms with van der Waals surface area (Å²) in [5, 5.41) is 0.777. The molecule has 0 saturated heterocycles. The van der Waals surface area contributed by atoms with E-state index in [1.165, 1.54) is 12.8 Å². The van der Waals surface area contributed by atoms with Crippen molar-refractivity contribution in [2.75, 3.05) is 13.4 Å². The lowest BCUT2D eigenvalue weighted by molar-refractivity contribution is 0.410.